The van der Waals surface area contributed by atoms with Gasteiger partial charge in [-0.25, -0.2) is 12.7 Å². The van der Waals surface area contributed by atoms with Crippen molar-refractivity contribution < 1.29 is 18.3 Å². The zero-order chi connectivity index (χ0) is 20.5. The van der Waals surface area contributed by atoms with Gasteiger partial charge in [-0.05, 0) is 53.1 Å². The maximum Gasteiger partial charge on any atom is 0.252 e. The number of amides is 1. The van der Waals surface area contributed by atoms with Crippen molar-refractivity contribution in [3.63, 3.8) is 0 Å². The molecule has 1 heterocycles. The number of nitrogens with two attached hydrogens (primary N) is 1. The largest absolute Gasteiger partial charge is 0.506 e. The Kier molecular flexibility index (Phi) is 5.17. The lowest BCUT2D eigenvalue weighted by atomic mass is 9.95. The summed E-state index contributed by atoms with van der Waals surface area (Å²) in [4.78, 5) is 15.9. The van der Waals surface area contributed by atoms with Crippen molar-refractivity contribution >= 4 is 15.9 Å². The molecule has 0 unspecified atom stereocenters. The van der Waals surface area contributed by atoms with Crippen LogP contribution in [0.15, 0.2) is 65.8 Å². The van der Waals surface area contributed by atoms with E-state index in [1.807, 2.05) is 0 Å². The first-order valence-corrected chi connectivity index (χ1v) is 9.76. The van der Waals surface area contributed by atoms with E-state index in [4.69, 9.17) is 5.73 Å². The molecule has 1 aromatic heterocycles. The zero-order valence-electron chi connectivity index (χ0n) is 15.3. The summed E-state index contributed by atoms with van der Waals surface area (Å²) in [6.45, 7) is 0. The van der Waals surface area contributed by atoms with Crippen molar-refractivity contribution in [2.45, 2.75) is 4.90 Å². The van der Waals surface area contributed by atoms with E-state index in [2.05, 4.69) is 4.98 Å². The van der Waals surface area contributed by atoms with Crippen LogP contribution < -0.4 is 5.73 Å². The Morgan fingerprint density at radius 2 is 1.57 bits per heavy atom. The molecule has 0 fully saturated rings. The van der Waals surface area contributed by atoms with Crippen LogP contribution in [0.25, 0.3) is 22.3 Å². The van der Waals surface area contributed by atoms with Gasteiger partial charge in [0.1, 0.15) is 5.75 Å². The highest BCUT2D eigenvalue weighted by Gasteiger charge is 2.19. The third kappa shape index (κ3) is 3.60. The summed E-state index contributed by atoms with van der Waals surface area (Å²) in [7, 11) is -0.667. The van der Waals surface area contributed by atoms with Gasteiger partial charge in [0.2, 0.25) is 10.0 Å². The predicted molar refractivity (Wildman–Crippen MR) is 106 cm³/mol. The smallest absolute Gasteiger partial charge is 0.252 e. The van der Waals surface area contributed by atoms with E-state index in [0.717, 1.165) is 9.87 Å². The second-order valence-electron chi connectivity index (χ2n) is 6.33. The molecule has 2 aromatic carbocycles. The van der Waals surface area contributed by atoms with Gasteiger partial charge in [-0.2, -0.15) is 0 Å². The van der Waals surface area contributed by atoms with E-state index in [1.165, 1.54) is 32.3 Å². The van der Waals surface area contributed by atoms with Crippen LogP contribution in [0.3, 0.4) is 0 Å². The van der Waals surface area contributed by atoms with Crippen molar-refractivity contribution in [1.29, 1.82) is 0 Å². The van der Waals surface area contributed by atoms with Crippen molar-refractivity contribution in [3.8, 4) is 28.0 Å². The third-order valence-corrected chi connectivity index (χ3v) is 6.16. The summed E-state index contributed by atoms with van der Waals surface area (Å²) in [6.07, 6.45) is 3.24. The fraction of sp³-hybridized carbons (Fsp3) is 0.100. The number of carbonyl (C=O) groups excluding carboxylic acids is 1. The molecule has 8 heteroatoms. The Balaban J connectivity index is 2.16. The average molecular weight is 397 g/mol. The van der Waals surface area contributed by atoms with Gasteiger partial charge in [0, 0.05) is 32.1 Å². The number of hydrogen-bond acceptors (Lipinski definition) is 5. The van der Waals surface area contributed by atoms with Gasteiger partial charge < -0.3 is 10.8 Å². The number of sulfonamides is 1. The van der Waals surface area contributed by atoms with E-state index in [1.54, 1.807) is 42.7 Å². The normalized spacial score (nSPS) is 11.5. The molecule has 0 aliphatic rings. The van der Waals surface area contributed by atoms with Crippen molar-refractivity contribution in [2.75, 3.05) is 14.1 Å². The third-order valence-electron chi connectivity index (χ3n) is 4.33. The Bertz CT molecular complexity index is 1130. The number of primary amides is 1. The molecule has 0 saturated carbocycles. The number of hydrogen-bond donors (Lipinski definition) is 2. The Hall–Kier alpha value is -3.23. The SMILES string of the molecule is CN(C)S(=O)(=O)c1ccc(-c2cc(-c3ccncc3)cc(C(N)=O)c2O)cc1. The maximum atomic E-state index is 12.2. The number of pyridine rings is 1. The maximum absolute atomic E-state index is 12.2. The number of carbonyl (C=O) groups is 1. The van der Waals surface area contributed by atoms with Crippen molar-refractivity contribution in [2.24, 2.45) is 5.73 Å². The topological polar surface area (TPSA) is 114 Å². The quantitative estimate of drug-likeness (QED) is 0.687. The van der Waals surface area contributed by atoms with Gasteiger partial charge in [0.15, 0.2) is 0 Å². The lowest BCUT2D eigenvalue weighted by Crippen LogP contribution is -2.22. The molecular formula is C20H19N3O4S. The van der Waals surface area contributed by atoms with Crippen molar-refractivity contribution in [3.05, 3.63) is 66.5 Å². The summed E-state index contributed by atoms with van der Waals surface area (Å²) in [5.41, 5.74) is 7.80. The highest BCUT2D eigenvalue weighted by atomic mass is 32.2. The number of aromatic nitrogens is 1. The van der Waals surface area contributed by atoms with Crippen LogP contribution in [0.2, 0.25) is 0 Å². The minimum Gasteiger partial charge on any atom is -0.506 e. The van der Waals surface area contributed by atoms with Gasteiger partial charge in [-0.15, -0.1) is 0 Å². The van der Waals surface area contributed by atoms with Gasteiger partial charge >= 0.3 is 0 Å². The summed E-state index contributed by atoms with van der Waals surface area (Å²) in [5, 5.41) is 10.6. The summed E-state index contributed by atoms with van der Waals surface area (Å²) in [5.74, 6) is -1.02. The van der Waals surface area contributed by atoms with E-state index >= 15 is 0 Å². The lowest BCUT2D eigenvalue weighted by Gasteiger charge is -2.14. The molecule has 0 spiro atoms. The number of nitrogens with zero attached hydrogens (tertiary/aromatic N) is 2. The van der Waals surface area contributed by atoms with Crippen LogP contribution in [-0.2, 0) is 10.0 Å². The van der Waals surface area contributed by atoms with Crippen LogP contribution in [0.4, 0.5) is 0 Å². The van der Waals surface area contributed by atoms with E-state index in [0.29, 0.717) is 16.7 Å². The highest BCUT2D eigenvalue weighted by molar-refractivity contribution is 7.89. The van der Waals surface area contributed by atoms with Crippen LogP contribution in [0.1, 0.15) is 10.4 Å². The minimum atomic E-state index is -3.57. The van der Waals surface area contributed by atoms with Crippen LogP contribution in [0, 0.1) is 0 Å². The molecule has 0 atom stereocenters. The molecule has 3 rings (SSSR count). The first kappa shape index (κ1) is 19.5. The molecule has 7 nitrogen and oxygen atoms in total. The zero-order valence-corrected chi connectivity index (χ0v) is 16.1. The first-order valence-electron chi connectivity index (χ1n) is 8.32. The predicted octanol–water partition coefficient (Wildman–Crippen LogP) is 2.47. The molecule has 0 aliphatic carbocycles. The summed E-state index contributed by atoms with van der Waals surface area (Å²) >= 11 is 0. The number of benzene rings is 2. The second-order valence-corrected chi connectivity index (χ2v) is 8.48. The molecule has 0 aliphatic heterocycles. The molecular weight excluding hydrogens is 378 g/mol. The van der Waals surface area contributed by atoms with Crippen LogP contribution in [-0.4, -0.2) is 42.8 Å². The van der Waals surface area contributed by atoms with E-state index < -0.39 is 15.9 Å². The summed E-state index contributed by atoms with van der Waals surface area (Å²) < 4.78 is 25.6. The Labute approximate surface area is 163 Å². The first-order chi connectivity index (χ1) is 13.2. The van der Waals surface area contributed by atoms with Crippen molar-refractivity contribution in [1.82, 2.24) is 9.29 Å². The molecule has 3 N–H and O–H groups in total. The van der Waals surface area contributed by atoms with Gasteiger partial charge in [-0.1, -0.05) is 12.1 Å². The number of rotatable bonds is 5. The fourth-order valence-electron chi connectivity index (χ4n) is 2.77. The number of phenols is 1. The Morgan fingerprint density at radius 3 is 2.11 bits per heavy atom. The molecule has 0 bridgehead atoms. The highest BCUT2D eigenvalue weighted by Crippen LogP contribution is 2.37. The molecule has 0 radical (unpaired) electrons. The lowest BCUT2D eigenvalue weighted by molar-refractivity contribution is 0.0998. The summed E-state index contributed by atoms with van der Waals surface area (Å²) in [6, 6.07) is 12.8. The molecule has 0 saturated heterocycles. The average Bonchev–Trinajstić information content (AvgIpc) is 2.68. The molecule has 1 amide bonds. The number of aromatic hydroxyl groups is 1. The molecule has 3 aromatic rings. The van der Waals surface area contributed by atoms with Crippen LogP contribution in [0.5, 0.6) is 5.75 Å². The minimum absolute atomic E-state index is 0.0192. The Morgan fingerprint density at radius 1 is 0.964 bits per heavy atom. The van der Waals surface area contributed by atoms with Crippen LogP contribution >= 0.6 is 0 Å². The fourth-order valence-corrected chi connectivity index (χ4v) is 3.67. The van der Waals surface area contributed by atoms with E-state index in [-0.39, 0.29) is 16.2 Å². The second kappa shape index (κ2) is 7.41. The monoisotopic (exact) mass is 397 g/mol. The molecule has 28 heavy (non-hydrogen) atoms. The van der Waals surface area contributed by atoms with Gasteiger partial charge in [0.25, 0.3) is 5.91 Å². The standard InChI is InChI=1S/C20H19N3O4S/c1-23(2)28(26,27)16-5-3-14(4-6-16)17-11-15(13-7-9-22-10-8-13)12-18(19(17)24)20(21)25/h3-12,24H,1-2H3,(H2,21,25). The molecule has 144 valence electrons. The van der Waals surface area contributed by atoms with E-state index in [9.17, 15) is 18.3 Å². The van der Waals surface area contributed by atoms with Gasteiger partial charge in [-0.3, -0.25) is 9.78 Å². The van der Waals surface area contributed by atoms with Gasteiger partial charge in [0.05, 0.1) is 10.5 Å².